The van der Waals surface area contributed by atoms with Gasteiger partial charge in [-0.2, -0.15) is 0 Å². The van der Waals surface area contributed by atoms with Crippen LogP contribution in [-0.2, 0) is 0 Å². The fourth-order valence-corrected chi connectivity index (χ4v) is 0.715. The normalized spacial score (nSPS) is 10.5. The van der Waals surface area contributed by atoms with Crippen LogP contribution in [0.4, 0.5) is 0 Å². The van der Waals surface area contributed by atoms with Crippen LogP contribution >= 0.6 is 0 Å². The van der Waals surface area contributed by atoms with Crippen LogP contribution in [0.2, 0.25) is 0 Å². The number of rotatable bonds is 2. The summed E-state index contributed by atoms with van der Waals surface area (Å²) < 4.78 is 0. The summed E-state index contributed by atoms with van der Waals surface area (Å²) in [6.45, 7) is 0.596. The molecular formula is C9H10N. The van der Waals surface area contributed by atoms with Gasteiger partial charge in [0, 0.05) is 6.54 Å². The Bertz CT molecular complexity index is 201. The van der Waals surface area contributed by atoms with Crippen molar-refractivity contribution in [1.82, 2.24) is 0 Å². The first kappa shape index (κ1) is 7.03. The molecule has 0 aliphatic rings. The second-order valence-corrected chi connectivity index (χ2v) is 1.97. The van der Waals surface area contributed by atoms with Crippen LogP contribution in [0.25, 0.3) is 6.08 Å². The highest BCUT2D eigenvalue weighted by Gasteiger charge is 1.79. The van der Waals surface area contributed by atoms with Crippen LogP contribution in [0.15, 0.2) is 30.3 Å². The molecule has 0 unspecified atom stereocenters. The molecule has 0 aliphatic heterocycles. The Morgan fingerprint density at radius 2 is 2.10 bits per heavy atom. The standard InChI is InChI=1S/C9H10N/c10-8-4-7-9-5-2-1-3-6-9/h2-7H,8,10H2. The van der Waals surface area contributed by atoms with Crippen molar-refractivity contribution >= 4 is 6.08 Å². The molecule has 1 heteroatoms. The molecule has 0 heterocycles. The molecule has 0 spiro atoms. The largest absolute Gasteiger partial charge is 0.327 e. The molecule has 1 rings (SSSR count). The minimum absolute atomic E-state index is 0.596. The number of hydrogen-bond acceptors (Lipinski definition) is 1. The fraction of sp³-hybridized carbons (Fsp3) is 0.111. The molecule has 1 aromatic carbocycles. The molecule has 0 amide bonds. The molecule has 0 saturated carbocycles. The Balaban J connectivity index is 2.67. The summed E-state index contributed by atoms with van der Waals surface area (Å²) in [5, 5.41) is 0. The van der Waals surface area contributed by atoms with Crippen molar-refractivity contribution in [3.63, 3.8) is 0 Å². The molecular weight excluding hydrogens is 122 g/mol. The monoisotopic (exact) mass is 132 g/mol. The molecule has 1 nitrogen and oxygen atoms in total. The highest BCUT2D eigenvalue weighted by atomic mass is 14.5. The van der Waals surface area contributed by atoms with Crippen LogP contribution in [0.3, 0.4) is 0 Å². The van der Waals surface area contributed by atoms with Crippen LogP contribution in [0, 0.1) is 6.07 Å². The predicted octanol–water partition coefficient (Wildman–Crippen LogP) is 1.46. The molecule has 0 aliphatic carbocycles. The zero-order valence-corrected chi connectivity index (χ0v) is 5.75. The molecule has 2 N–H and O–H groups in total. The number of benzene rings is 1. The molecule has 0 fully saturated rings. The lowest BCUT2D eigenvalue weighted by Crippen LogP contribution is -1.91. The summed E-state index contributed by atoms with van der Waals surface area (Å²) in [6.07, 6.45) is 3.92. The molecule has 51 valence electrons. The van der Waals surface area contributed by atoms with Gasteiger partial charge < -0.3 is 5.73 Å². The molecule has 0 aromatic heterocycles. The summed E-state index contributed by atoms with van der Waals surface area (Å²) in [5.41, 5.74) is 6.45. The smallest absolute Gasteiger partial charge is 0.0110 e. The molecule has 10 heavy (non-hydrogen) atoms. The Labute approximate surface area is 61.2 Å². The Kier molecular flexibility index (Phi) is 2.71. The molecule has 0 bridgehead atoms. The van der Waals surface area contributed by atoms with Gasteiger partial charge in [0.05, 0.1) is 0 Å². The molecule has 1 aromatic rings. The summed E-state index contributed by atoms with van der Waals surface area (Å²) in [7, 11) is 0. The minimum atomic E-state index is 0.596. The van der Waals surface area contributed by atoms with Crippen LogP contribution in [0.5, 0.6) is 0 Å². The summed E-state index contributed by atoms with van der Waals surface area (Å²) >= 11 is 0. The van der Waals surface area contributed by atoms with E-state index >= 15 is 0 Å². The van der Waals surface area contributed by atoms with Gasteiger partial charge in [0.1, 0.15) is 0 Å². The highest BCUT2D eigenvalue weighted by Crippen LogP contribution is 1.98. The average Bonchev–Trinajstić information content (AvgIpc) is 2.03. The first-order valence-corrected chi connectivity index (χ1v) is 3.26. The van der Waals surface area contributed by atoms with E-state index in [1.54, 1.807) is 0 Å². The zero-order chi connectivity index (χ0) is 7.23. The van der Waals surface area contributed by atoms with Crippen molar-refractivity contribution in [1.29, 1.82) is 0 Å². The van der Waals surface area contributed by atoms with Gasteiger partial charge in [0.15, 0.2) is 0 Å². The quantitative estimate of drug-likeness (QED) is 0.647. The first-order chi connectivity index (χ1) is 4.93. The summed E-state index contributed by atoms with van der Waals surface area (Å²) in [6, 6.07) is 10.7. The van der Waals surface area contributed by atoms with Crippen LogP contribution in [0.1, 0.15) is 5.56 Å². The lowest BCUT2D eigenvalue weighted by molar-refractivity contribution is 1.26. The lowest BCUT2D eigenvalue weighted by Gasteiger charge is -1.88. The van der Waals surface area contributed by atoms with Crippen molar-refractivity contribution in [3.8, 4) is 0 Å². The zero-order valence-electron chi connectivity index (χ0n) is 5.75. The van der Waals surface area contributed by atoms with Gasteiger partial charge in [0.2, 0.25) is 0 Å². The number of hydrogen-bond donors (Lipinski definition) is 1. The molecule has 0 saturated heterocycles. The van der Waals surface area contributed by atoms with Crippen molar-refractivity contribution in [2.75, 3.05) is 6.54 Å². The Hall–Kier alpha value is -1.08. The molecule has 0 atom stereocenters. The van der Waals surface area contributed by atoms with Crippen LogP contribution in [-0.4, -0.2) is 6.54 Å². The highest BCUT2D eigenvalue weighted by molar-refractivity contribution is 5.48. The van der Waals surface area contributed by atoms with E-state index in [0.717, 1.165) is 0 Å². The van der Waals surface area contributed by atoms with E-state index in [2.05, 4.69) is 6.07 Å². The van der Waals surface area contributed by atoms with Crippen LogP contribution < -0.4 is 5.73 Å². The van der Waals surface area contributed by atoms with Gasteiger partial charge in [-0.3, -0.25) is 0 Å². The Morgan fingerprint density at radius 1 is 1.40 bits per heavy atom. The maximum atomic E-state index is 5.28. The van der Waals surface area contributed by atoms with Gasteiger partial charge in [-0.05, 0) is 11.6 Å². The van der Waals surface area contributed by atoms with E-state index in [-0.39, 0.29) is 0 Å². The Morgan fingerprint density at radius 3 is 2.70 bits per heavy atom. The van der Waals surface area contributed by atoms with Crippen molar-refractivity contribution in [2.45, 2.75) is 0 Å². The van der Waals surface area contributed by atoms with Gasteiger partial charge >= 0.3 is 0 Å². The predicted molar refractivity (Wildman–Crippen MR) is 43.4 cm³/mol. The van der Waals surface area contributed by atoms with Crippen molar-refractivity contribution < 1.29 is 0 Å². The summed E-state index contributed by atoms with van der Waals surface area (Å²) in [4.78, 5) is 0. The summed E-state index contributed by atoms with van der Waals surface area (Å²) in [5.74, 6) is 0. The van der Waals surface area contributed by atoms with Crippen molar-refractivity contribution in [3.05, 3.63) is 42.0 Å². The maximum absolute atomic E-state index is 5.28. The van der Waals surface area contributed by atoms with Crippen molar-refractivity contribution in [2.24, 2.45) is 5.73 Å². The van der Waals surface area contributed by atoms with E-state index in [1.165, 1.54) is 5.56 Å². The second-order valence-electron chi connectivity index (χ2n) is 1.97. The van der Waals surface area contributed by atoms with Gasteiger partial charge in [-0.15, -0.1) is 0 Å². The van der Waals surface area contributed by atoms with Gasteiger partial charge in [-0.25, -0.2) is 0 Å². The second kappa shape index (κ2) is 3.85. The SMILES string of the molecule is NCC=Cc1cc[c]cc1. The third-order valence-electron chi connectivity index (χ3n) is 1.19. The minimum Gasteiger partial charge on any atom is -0.327 e. The van der Waals surface area contributed by atoms with E-state index in [4.69, 9.17) is 5.73 Å². The van der Waals surface area contributed by atoms with Gasteiger partial charge in [0.25, 0.3) is 0 Å². The fourth-order valence-electron chi connectivity index (χ4n) is 0.715. The topological polar surface area (TPSA) is 26.0 Å². The van der Waals surface area contributed by atoms with E-state index in [9.17, 15) is 0 Å². The number of nitrogens with two attached hydrogens (primary N) is 1. The third-order valence-corrected chi connectivity index (χ3v) is 1.19. The molecule has 1 radical (unpaired) electrons. The van der Waals surface area contributed by atoms with E-state index in [1.807, 2.05) is 36.4 Å². The van der Waals surface area contributed by atoms with Gasteiger partial charge in [-0.1, -0.05) is 36.4 Å². The lowest BCUT2D eigenvalue weighted by atomic mass is 10.2. The van der Waals surface area contributed by atoms with E-state index in [0.29, 0.717) is 6.54 Å². The van der Waals surface area contributed by atoms with E-state index < -0.39 is 0 Å². The average molecular weight is 132 g/mol. The first-order valence-electron chi connectivity index (χ1n) is 3.26. The maximum Gasteiger partial charge on any atom is 0.0110 e. The third kappa shape index (κ3) is 2.03.